The van der Waals surface area contributed by atoms with Gasteiger partial charge in [-0.15, -0.1) is 0 Å². The number of anilines is 1. The van der Waals surface area contributed by atoms with E-state index in [0.717, 1.165) is 0 Å². The first-order valence-corrected chi connectivity index (χ1v) is 11.5. The lowest BCUT2D eigenvalue weighted by molar-refractivity contribution is -0.122. The number of hydrogen-bond acceptors (Lipinski definition) is 2. The molecule has 2 bridgehead atoms. The van der Waals surface area contributed by atoms with Crippen molar-refractivity contribution in [2.24, 2.45) is 11.8 Å². The SMILES string of the molecule is CC(C)(C)c1ccc2c(c1)C1c3ccccc3C2C2C(=O)N(c3ccccc3Cl)C(=O)C12. The fourth-order valence-corrected chi connectivity index (χ4v) is 6.28. The van der Waals surface area contributed by atoms with Crippen molar-refractivity contribution < 1.29 is 9.59 Å². The second kappa shape index (κ2) is 6.55. The summed E-state index contributed by atoms with van der Waals surface area (Å²) in [4.78, 5) is 29.0. The van der Waals surface area contributed by atoms with Crippen molar-refractivity contribution in [1.29, 1.82) is 0 Å². The van der Waals surface area contributed by atoms with Crippen molar-refractivity contribution >= 4 is 29.1 Å². The number of halogens is 1. The molecule has 3 aromatic carbocycles. The van der Waals surface area contributed by atoms with E-state index in [2.05, 4.69) is 51.1 Å². The third-order valence-corrected chi connectivity index (χ3v) is 7.82. The Bertz CT molecular complexity index is 1300. The maximum Gasteiger partial charge on any atom is 0.238 e. The summed E-state index contributed by atoms with van der Waals surface area (Å²) in [5.41, 5.74) is 6.48. The number of imide groups is 1. The Balaban J connectivity index is 1.58. The molecule has 0 aromatic heterocycles. The highest BCUT2D eigenvalue weighted by atomic mass is 35.5. The van der Waals surface area contributed by atoms with Crippen LogP contribution < -0.4 is 4.90 Å². The van der Waals surface area contributed by atoms with Crippen LogP contribution in [0.25, 0.3) is 0 Å². The van der Waals surface area contributed by atoms with Gasteiger partial charge in [-0.2, -0.15) is 0 Å². The molecule has 4 atom stereocenters. The number of carbonyl (C=O) groups is 2. The van der Waals surface area contributed by atoms with Gasteiger partial charge in [-0.1, -0.05) is 87.0 Å². The average molecular weight is 442 g/mol. The summed E-state index contributed by atoms with van der Waals surface area (Å²) in [5, 5.41) is 0.422. The molecule has 4 unspecified atom stereocenters. The largest absolute Gasteiger partial charge is 0.274 e. The van der Waals surface area contributed by atoms with Crippen molar-refractivity contribution in [3.05, 3.63) is 99.6 Å². The van der Waals surface area contributed by atoms with Gasteiger partial charge in [0, 0.05) is 11.8 Å². The fraction of sp³-hybridized carbons (Fsp3) is 0.286. The molecule has 1 saturated heterocycles. The zero-order valence-electron chi connectivity index (χ0n) is 18.3. The predicted octanol–water partition coefficient (Wildman–Crippen LogP) is 6.03. The van der Waals surface area contributed by atoms with Crippen molar-refractivity contribution in [2.45, 2.75) is 38.0 Å². The standard InChI is InChI=1S/C28H24ClNO2/c1-28(2,3)15-12-13-18-19(14-15)23-17-9-5-4-8-16(17)22(18)24-25(23)27(32)30(26(24)31)21-11-7-6-10-20(21)29/h4-14,22-25H,1-3H3. The first-order chi connectivity index (χ1) is 15.3. The maximum absolute atomic E-state index is 13.8. The fourth-order valence-electron chi connectivity index (χ4n) is 6.06. The summed E-state index contributed by atoms with van der Waals surface area (Å²) in [6.45, 7) is 6.61. The van der Waals surface area contributed by atoms with E-state index in [1.165, 1.54) is 32.7 Å². The minimum Gasteiger partial charge on any atom is -0.274 e. The highest BCUT2D eigenvalue weighted by molar-refractivity contribution is 6.36. The lowest BCUT2D eigenvalue weighted by Gasteiger charge is -2.46. The minimum absolute atomic E-state index is 0.00371. The third kappa shape index (κ3) is 2.49. The minimum atomic E-state index is -0.401. The molecule has 3 nitrogen and oxygen atoms in total. The number of nitrogens with zero attached hydrogens (tertiary/aromatic N) is 1. The molecular formula is C28H24ClNO2. The zero-order chi connectivity index (χ0) is 22.4. The van der Waals surface area contributed by atoms with Crippen LogP contribution in [-0.4, -0.2) is 11.8 Å². The lowest BCUT2D eigenvalue weighted by atomic mass is 9.54. The van der Waals surface area contributed by atoms with Crippen LogP contribution in [0.15, 0.2) is 66.7 Å². The molecule has 1 aliphatic heterocycles. The average Bonchev–Trinajstić information content (AvgIpc) is 3.04. The van der Waals surface area contributed by atoms with Gasteiger partial charge in [-0.3, -0.25) is 9.59 Å². The van der Waals surface area contributed by atoms with Gasteiger partial charge in [0.25, 0.3) is 0 Å². The molecule has 7 rings (SSSR count). The number of para-hydroxylation sites is 1. The first kappa shape index (κ1) is 19.8. The molecule has 0 saturated carbocycles. The summed E-state index contributed by atoms with van der Waals surface area (Å²) in [5.74, 6) is -1.31. The van der Waals surface area contributed by atoms with Crippen LogP contribution in [0.5, 0.6) is 0 Å². The summed E-state index contributed by atoms with van der Waals surface area (Å²) in [6, 6.07) is 22.1. The van der Waals surface area contributed by atoms with E-state index in [1.807, 2.05) is 24.3 Å². The summed E-state index contributed by atoms with van der Waals surface area (Å²) in [6.07, 6.45) is 0. The predicted molar refractivity (Wildman–Crippen MR) is 126 cm³/mol. The van der Waals surface area contributed by atoms with Crippen LogP contribution in [0, 0.1) is 11.8 Å². The van der Waals surface area contributed by atoms with Crippen molar-refractivity contribution in [1.82, 2.24) is 0 Å². The third-order valence-electron chi connectivity index (χ3n) is 7.50. The summed E-state index contributed by atoms with van der Waals surface area (Å²) >= 11 is 6.42. The van der Waals surface area contributed by atoms with Crippen LogP contribution in [0.4, 0.5) is 5.69 Å². The zero-order valence-corrected chi connectivity index (χ0v) is 19.1. The topological polar surface area (TPSA) is 37.4 Å². The smallest absolute Gasteiger partial charge is 0.238 e. The molecule has 160 valence electrons. The normalized spacial score (nSPS) is 25.6. The lowest BCUT2D eigenvalue weighted by Crippen LogP contribution is -2.41. The Morgan fingerprint density at radius 1 is 0.719 bits per heavy atom. The molecule has 2 amide bonds. The van der Waals surface area contributed by atoms with E-state index in [-0.39, 0.29) is 29.1 Å². The van der Waals surface area contributed by atoms with Gasteiger partial charge < -0.3 is 0 Å². The van der Waals surface area contributed by atoms with Crippen LogP contribution in [0.1, 0.15) is 60.4 Å². The Morgan fingerprint density at radius 3 is 1.84 bits per heavy atom. The van der Waals surface area contributed by atoms with Gasteiger partial charge in [-0.05, 0) is 45.4 Å². The molecule has 32 heavy (non-hydrogen) atoms. The molecule has 1 fully saturated rings. The Hall–Kier alpha value is -2.91. The van der Waals surface area contributed by atoms with Gasteiger partial charge in [-0.25, -0.2) is 4.90 Å². The van der Waals surface area contributed by atoms with E-state index >= 15 is 0 Å². The molecule has 3 aliphatic carbocycles. The Morgan fingerprint density at radius 2 is 1.25 bits per heavy atom. The van der Waals surface area contributed by atoms with Crippen LogP contribution in [-0.2, 0) is 15.0 Å². The monoisotopic (exact) mass is 441 g/mol. The number of amides is 2. The van der Waals surface area contributed by atoms with E-state index < -0.39 is 11.8 Å². The van der Waals surface area contributed by atoms with Gasteiger partial charge in [0.15, 0.2) is 0 Å². The molecule has 4 aliphatic rings. The molecule has 1 heterocycles. The van der Waals surface area contributed by atoms with Crippen LogP contribution in [0.2, 0.25) is 5.02 Å². The summed E-state index contributed by atoms with van der Waals surface area (Å²) < 4.78 is 0. The van der Waals surface area contributed by atoms with Crippen LogP contribution in [0.3, 0.4) is 0 Å². The number of carbonyl (C=O) groups excluding carboxylic acids is 2. The molecule has 0 radical (unpaired) electrons. The Kier molecular flexibility index (Phi) is 4.04. The molecular weight excluding hydrogens is 418 g/mol. The maximum atomic E-state index is 13.8. The highest BCUT2D eigenvalue weighted by Crippen LogP contribution is 2.61. The van der Waals surface area contributed by atoms with Crippen molar-refractivity contribution in [3.63, 3.8) is 0 Å². The van der Waals surface area contributed by atoms with Crippen molar-refractivity contribution in [2.75, 3.05) is 4.90 Å². The quantitative estimate of drug-likeness (QED) is 0.432. The number of hydrogen-bond donors (Lipinski definition) is 0. The Labute approximate surface area is 193 Å². The van der Waals surface area contributed by atoms with Crippen LogP contribution >= 0.6 is 11.6 Å². The van der Waals surface area contributed by atoms with E-state index in [1.54, 1.807) is 12.1 Å². The number of benzene rings is 3. The molecule has 0 N–H and O–H groups in total. The van der Waals surface area contributed by atoms with Gasteiger partial charge >= 0.3 is 0 Å². The molecule has 3 aromatic rings. The second-order valence-electron chi connectivity index (χ2n) is 10.2. The first-order valence-electron chi connectivity index (χ1n) is 11.1. The van der Waals surface area contributed by atoms with Gasteiger partial charge in [0.1, 0.15) is 0 Å². The van der Waals surface area contributed by atoms with Crippen molar-refractivity contribution in [3.8, 4) is 0 Å². The summed E-state index contributed by atoms with van der Waals surface area (Å²) in [7, 11) is 0. The van der Waals surface area contributed by atoms with E-state index in [4.69, 9.17) is 11.6 Å². The number of rotatable bonds is 1. The molecule has 4 heteroatoms. The van der Waals surface area contributed by atoms with Gasteiger partial charge in [0.2, 0.25) is 11.8 Å². The highest BCUT2D eigenvalue weighted by Gasteiger charge is 2.62. The van der Waals surface area contributed by atoms with E-state index in [9.17, 15) is 9.59 Å². The second-order valence-corrected chi connectivity index (χ2v) is 10.6. The van der Waals surface area contributed by atoms with E-state index in [0.29, 0.717) is 10.7 Å². The molecule has 0 spiro atoms. The van der Waals surface area contributed by atoms with Gasteiger partial charge in [0.05, 0.1) is 22.5 Å².